The number of rotatable bonds is 3. The van der Waals surface area contributed by atoms with Crippen molar-refractivity contribution in [1.82, 2.24) is 4.98 Å². The molecule has 2 heterocycles. The van der Waals surface area contributed by atoms with E-state index in [2.05, 4.69) is 4.98 Å². The summed E-state index contributed by atoms with van der Waals surface area (Å²) in [5.74, 6) is -1.79. The van der Waals surface area contributed by atoms with Crippen LogP contribution >= 0.6 is 34.3 Å². The van der Waals surface area contributed by atoms with Crippen LogP contribution in [-0.4, -0.2) is 16.9 Å². The van der Waals surface area contributed by atoms with Gasteiger partial charge in [0, 0.05) is 16.3 Å². The fourth-order valence-electron chi connectivity index (χ4n) is 1.21. The Morgan fingerprint density at radius 1 is 1.33 bits per heavy atom. The third kappa shape index (κ3) is 3.09. The maximum Gasteiger partial charge on any atom is 0.450 e. The Labute approximate surface area is 113 Å². The molecule has 0 fully saturated rings. The lowest BCUT2D eigenvalue weighted by molar-refractivity contribution is -0.170. The van der Waals surface area contributed by atoms with Crippen molar-refractivity contribution in [1.29, 1.82) is 0 Å². The van der Waals surface area contributed by atoms with Gasteiger partial charge in [0.1, 0.15) is 5.01 Å². The molecule has 0 unspecified atom stereocenters. The summed E-state index contributed by atoms with van der Waals surface area (Å²) < 4.78 is 36.8. The van der Waals surface area contributed by atoms with Gasteiger partial charge in [-0.2, -0.15) is 13.2 Å². The molecule has 0 atom stereocenters. The van der Waals surface area contributed by atoms with Crippen LogP contribution in [0.5, 0.6) is 0 Å². The van der Waals surface area contributed by atoms with Crippen LogP contribution in [0.4, 0.5) is 13.2 Å². The zero-order chi connectivity index (χ0) is 13.3. The zero-order valence-corrected chi connectivity index (χ0v) is 11.0. The van der Waals surface area contributed by atoms with E-state index < -0.39 is 18.4 Å². The highest BCUT2D eigenvalue weighted by Gasteiger charge is 2.38. The second-order valence-corrected chi connectivity index (χ2v) is 5.85. The average Bonchev–Trinajstić information content (AvgIpc) is 2.85. The van der Waals surface area contributed by atoms with E-state index in [1.54, 1.807) is 16.8 Å². The summed E-state index contributed by atoms with van der Waals surface area (Å²) in [6, 6.07) is 1.68. The minimum absolute atomic E-state index is 0.148. The number of carbonyl (C=O) groups excluding carboxylic acids is 1. The Kier molecular flexibility index (Phi) is 3.74. The minimum Gasteiger partial charge on any atom is -0.289 e. The van der Waals surface area contributed by atoms with Crippen molar-refractivity contribution in [3.8, 4) is 11.3 Å². The number of thiophene rings is 1. The molecule has 18 heavy (non-hydrogen) atoms. The molecule has 0 saturated carbocycles. The van der Waals surface area contributed by atoms with Gasteiger partial charge in [-0.3, -0.25) is 4.79 Å². The van der Waals surface area contributed by atoms with E-state index >= 15 is 0 Å². The number of hydrogen-bond donors (Lipinski definition) is 0. The largest absolute Gasteiger partial charge is 0.450 e. The van der Waals surface area contributed by atoms with Crippen LogP contribution in [-0.2, 0) is 11.2 Å². The number of aromatic nitrogens is 1. The van der Waals surface area contributed by atoms with E-state index in [1.165, 1.54) is 11.3 Å². The fourth-order valence-corrected chi connectivity index (χ4v) is 2.88. The Hall–Kier alpha value is -0.920. The Morgan fingerprint density at radius 3 is 2.61 bits per heavy atom. The molecule has 0 aromatic carbocycles. The van der Waals surface area contributed by atoms with Crippen molar-refractivity contribution in [3.05, 3.63) is 26.2 Å². The summed E-state index contributed by atoms with van der Waals surface area (Å²) in [7, 11) is 0. The van der Waals surface area contributed by atoms with Crippen LogP contribution in [0.25, 0.3) is 11.3 Å². The van der Waals surface area contributed by atoms with Gasteiger partial charge >= 0.3 is 6.18 Å². The van der Waals surface area contributed by atoms with Crippen LogP contribution in [0, 0.1) is 0 Å². The van der Waals surface area contributed by atoms with E-state index in [0.29, 0.717) is 10.0 Å². The van der Waals surface area contributed by atoms with Gasteiger partial charge in [-0.15, -0.1) is 22.7 Å². The van der Waals surface area contributed by atoms with Crippen molar-refractivity contribution < 1.29 is 18.0 Å². The molecule has 2 nitrogen and oxygen atoms in total. The van der Waals surface area contributed by atoms with Gasteiger partial charge in [0.2, 0.25) is 5.78 Å². The third-order valence-electron chi connectivity index (χ3n) is 2.04. The number of Topliss-reactive ketones (excluding diaryl/α,β-unsaturated/α-hetero) is 1. The summed E-state index contributed by atoms with van der Waals surface area (Å²) in [6.45, 7) is 0. The number of hydrogen-bond acceptors (Lipinski definition) is 4. The van der Waals surface area contributed by atoms with Gasteiger partial charge in [0.05, 0.1) is 16.5 Å². The molecule has 0 bridgehead atoms. The van der Waals surface area contributed by atoms with Gasteiger partial charge in [0.15, 0.2) is 0 Å². The van der Waals surface area contributed by atoms with E-state index in [-0.39, 0.29) is 5.01 Å². The molecule has 96 valence electrons. The predicted molar refractivity (Wildman–Crippen MR) is 65.2 cm³/mol. The molecule has 0 spiro atoms. The van der Waals surface area contributed by atoms with Crippen molar-refractivity contribution >= 4 is 40.1 Å². The topological polar surface area (TPSA) is 30.0 Å². The van der Waals surface area contributed by atoms with E-state index in [0.717, 1.165) is 16.9 Å². The second kappa shape index (κ2) is 4.99. The standard InChI is InChI=1S/C10H5ClF3NOS2/c11-8-1-5(3-17-8)6-4-18-9(15-6)2-7(16)10(12,13)14/h1,3-4H,2H2. The first kappa shape index (κ1) is 13.5. The molecular formula is C10H5ClF3NOS2. The Bertz CT molecular complexity index is 576. The second-order valence-electron chi connectivity index (χ2n) is 3.36. The van der Waals surface area contributed by atoms with Crippen molar-refractivity contribution in [2.45, 2.75) is 12.6 Å². The Balaban J connectivity index is 2.14. The van der Waals surface area contributed by atoms with Crippen molar-refractivity contribution in [2.75, 3.05) is 0 Å². The Morgan fingerprint density at radius 2 is 2.06 bits per heavy atom. The first-order valence-electron chi connectivity index (χ1n) is 4.65. The first-order valence-corrected chi connectivity index (χ1v) is 6.79. The number of carbonyl (C=O) groups is 1. The van der Waals surface area contributed by atoms with Gasteiger partial charge in [-0.05, 0) is 6.07 Å². The third-order valence-corrected chi connectivity index (χ3v) is 3.98. The van der Waals surface area contributed by atoms with Crippen LogP contribution in [0.1, 0.15) is 5.01 Å². The van der Waals surface area contributed by atoms with E-state index in [9.17, 15) is 18.0 Å². The number of nitrogens with zero attached hydrogens (tertiary/aromatic N) is 1. The molecular weight excluding hydrogens is 307 g/mol. The van der Waals surface area contributed by atoms with Crippen LogP contribution in [0.15, 0.2) is 16.8 Å². The van der Waals surface area contributed by atoms with E-state index in [1.807, 2.05) is 0 Å². The fraction of sp³-hybridized carbons (Fsp3) is 0.200. The number of ketones is 1. The molecule has 0 aliphatic heterocycles. The maximum absolute atomic E-state index is 12.1. The average molecular weight is 312 g/mol. The molecule has 2 aromatic heterocycles. The lowest BCUT2D eigenvalue weighted by atomic mass is 10.2. The molecule has 2 rings (SSSR count). The zero-order valence-electron chi connectivity index (χ0n) is 8.62. The molecule has 0 saturated heterocycles. The molecule has 8 heteroatoms. The minimum atomic E-state index is -4.81. The highest BCUT2D eigenvalue weighted by molar-refractivity contribution is 7.14. The van der Waals surface area contributed by atoms with Crippen LogP contribution in [0.3, 0.4) is 0 Å². The lowest BCUT2D eigenvalue weighted by Gasteiger charge is -2.01. The highest BCUT2D eigenvalue weighted by Crippen LogP contribution is 2.30. The van der Waals surface area contributed by atoms with Crippen LogP contribution < -0.4 is 0 Å². The molecule has 0 radical (unpaired) electrons. The molecule has 0 amide bonds. The van der Waals surface area contributed by atoms with Gasteiger partial charge in [-0.25, -0.2) is 4.98 Å². The quantitative estimate of drug-likeness (QED) is 0.850. The molecule has 0 N–H and O–H groups in total. The first-order chi connectivity index (χ1) is 8.36. The number of thiazole rings is 1. The van der Waals surface area contributed by atoms with E-state index in [4.69, 9.17) is 11.6 Å². The monoisotopic (exact) mass is 311 g/mol. The summed E-state index contributed by atoms with van der Waals surface area (Å²) in [5.41, 5.74) is 1.28. The van der Waals surface area contributed by atoms with Crippen LogP contribution in [0.2, 0.25) is 4.34 Å². The summed E-state index contributed by atoms with van der Waals surface area (Å²) in [6.07, 6.45) is -5.52. The highest BCUT2D eigenvalue weighted by atomic mass is 35.5. The smallest absolute Gasteiger partial charge is 0.289 e. The van der Waals surface area contributed by atoms with Crippen molar-refractivity contribution in [2.24, 2.45) is 0 Å². The van der Waals surface area contributed by atoms with Gasteiger partial charge < -0.3 is 0 Å². The summed E-state index contributed by atoms with van der Waals surface area (Å²) >= 11 is 8.09. The number of halogens is 4. The van der Waals surface area contributed by atoms with Crippen molar-refractivity contribution in [3.63, 3.8) is 0 Å². The van der Waals surface area contributed by atoms with Gasteiger partial charge in [-0.1, -0.05) is 11.6 Å². The summed E-state index contributed by atoms with van der Waals surface area (Å²) in [5, 5.41) is 3.51. The van der Waals surface area contributed by atoms with Gasteiger partial charge in [0.25, 0.3) is 0 Å². The number of alkyl halides is 3. The predicted octanol–water partition coefficient (Wildman–Crippen LogP) is 4.20. The lowest BCUT2D eigenvalue weighted by Crippen LogP contribution is -2.24. The summed E-state index contributed by atoms with van der Waals surface area (Å²) in [4.78, 5) is 14.8. The maximum atomic E-state index is 12.1. The molecule has 2 aromatic rings. The molecule has 0 aliphatic rings. The normalized spacial score (nSPS) is 11.8. The SMILES string of the molecule is O=C(Cc1nc(-c2csc(Cl)c2)cs1)C(F)(F)F. The molecule has 0 aliphatic carbocycles.